The molecule has 9 heteroatoms. The summed E-state index contributed by atoms with van der Waals surface area (Å²) < 4.78 is 8.22. The van der Waals surface area contributed by atoms with Crippen molar-refractivity contribution in [2.45, 2.75) is 33.9 Å². The van der Waals surface area contributed by atoms with Gasteiger partial charge in [-0.3, -0.25) is 14.2 Å². The van der Waals surface area contributed by atoms with E-state index in [2.05, 4.69) is 15.5 Å². The summed E-state index contributed by atoms with van der Waals surface area (Å²) in [5.74, 6) is -0.861. The third-order valence-corrected chi connectivity index (χ3v) is 5.39. The van der Waals surface area contributed by atoms with Gasteiger partial charge >= 0.3 is 5.97 Å². The quantitative estimate of drug-likeness (QED) is 0.581. The van der Waals surface area contributed by atoms with E-state index in [4.69, 9.17) is 16.3 Å². The number of esters is 1. The number of halogens is 1. The molecule has 3 rings (SSSR count). The van der Waals surface area contributed by atoms with Crippen LogP contribution < -0.4 is 5.32 Å². The second kappa shape index (κ2) is 9.13. The normalized spacial score (nSPS) is 11.9. The molecule has 0 radical (unpaired) electrons. The molecular weight excluding hydrogens is 406 g/mol. The zero-order valence-corrected chi connectivity index (χ0v) is 18.1. The summed E-state index contributed by atoms with van der Waals surface area (Å²) in [6.45, 7) is 6.34. The van der Waals surface area contributed by atoms with E-state index in [1.165, 1.54) is 7.11 Å². The maximum atomic E-state index is 12.6. The van der Waals surface area contributed by atoms with Crippen molar-refractivity contribution in [3.63, 3.8) is 0 Å². The molecule has 0 saturated carbocycles. The highest BCUT2D eigenvalue weighted by Crippen LogP contribution is 2.20. The van der Waals surface area contributed by atoms with Gasteiger partial charge in [0, 0.05) is 6.20 Å². The first kappa shape index (κ1) is 21.6. The molecule has 0 bridgehead atoms. The minimum absolute atomic E-state index is 0.145. The Labute approximate surface area is 179 Å². The smallest absolute Gasteiger partial charge is 0.338 e. The molecule has 0 saturated heterocycles. The van der Waals surface area contributed by atoms with Crippen LogP contribution in [0.4, 0.5) is 5.69 Å². The third-order valence-electron chi connectivity index (χ3n) is 4.84. The molecule has 1 unspecified atom stereocenters. The largest absolute Gasteiger partial charge is 0.465 e. The van der Waals surface area contributed by atoms with Gasteiger partial charge in [-0.05, 0) is 25.5 Å². The number of benzene rings is 1. The Bertz CT molecular complexity index is 1070. The number of methoxy groups -OCH3 is 1. The number of carbonyl (C=O) groups is 2. The second-order valence-corrected chi connectivity index (χ2v) is 7.51. The summed E-state index contributed by atoms with van der Waals surface area (Å²) in [5.41, 5.74) is 3.42. The Morgan fingerprint density at radius 1 is 1.27 bits per heavy atom. The Morgan fingerprint density at radius 2 is 2.00 bits per heavy atom. The number of aryl methyl sites for hydroxylation is 1. The van der Waals surface area contributed by atoms with Gasteiger partial charge in [0.05, 0.1) is 60.0 Å². The number of amides is 1. The van der Waals surface area contributed by atoms with Gasteiger partial charge in [-0.1, -0.05) is 36.7 Å². The van der Waals surface area contributed by atoms with Crippen LogP contribution in [0.15, 0.2) is 36.7 Å². The SMILES string of the molecule is COC(=O)c1ccccc1Cn1cc(NC(=O)C(C)Cn2nc(C)c(Cl)c2C)cn1. The molecule has 0 aliphatic carbocycles. The van der Waals surface area contributed by atoms with E-state index in [9.17, 15) is 9.59 Å². The fraction of sp³-hybridized carbons (Fsp3) is 0.333. The maximum Gasteiger partial charge on any atom is 0.338 e. The molecule has 2 heterocycles. The summed E-state index contributed by atoms with van der Waals surface area (Å²) in [4.78, 5) is 24.5. The van der Waals surface area contributed by atoms with E-state index in [0.717, 1.165) is 17.0 Å². The zero-order valence-electron chi connectivity index (χ0n) is 17.3. The van der Waals surface area contributed by atoms with Gasteiger partial charge in [0.2, 0.25) is 5.91 Å². The summed E-state index contributed by atoms with van der Waals surface area (Å²) in [7, 11) is 1.35. The molecular formula is C21H24ClN5O3. The highest BCUT2D eigenvalue weighted by Gasteiger charge is 2.18. The topological polar surface area (TPSA) is 91.0 Å². The van der Waals surface area contributed by atoms with Crippen LogP contribution in [-0.4, -0.2) is 38.5 Å². The van der Waals surface area contributed by atoms with E-state index in [1.807, 2.05) is 32.9 Å². The Kier molecular flexibility index (Phi) is 6.56. The van der Waals surface area contributed by atoms with Crippen molar-refractivity contribution in [2.24, 2.45) is 5.92 Å². The van der Waals surface area contributed by atoms with Gasteiger partial charge in [0.25, 0.3) is 0 Å². The summed E-state index contributed by atoms with van der Waals surface area (Å²) >= 11 is 6.18. The molecule has 3 aromatic rings. The lowest BCUT2D eigenvalue weighted by molar-refractivity contribution is -0.119. The van der Waals surface area contributed by atoms with Crippen LogP contribution in [0.1, 0.15) is 34.2 Å². The molecule has 30 heavy (non-hydrogen) atoms. The molecule has 1 amide bonds. The molecule has 2 aromatic heterocycles. The zero-order chi connectivity index (χ0) is 21.8. The minimum Gasteiger partial charge on any atom is -0.465 e. The summed E-state index contributed by atoms with van der Waals surface area (Å²) in [6, 6.07) is 7.18. The Morgan fingerprint density at radius 3 is 2.67 bits per heavy atom. The predicted octanol–water partition coefficient (Wildman–Crippen LogP) is 3.46. The van der Waals surface area contributed by atoms with Crippen LogP contribution in [0.5, 0.6) is 0 Å². The molecule has 1 atom stereocenters. The van der Waals surface area contributed by atoms with Gasteiger partial charge in [-0.2, -0.15) is 10.2 Å². The van der Waals surface area contributed by atoms with E-state index < -0.39 is 5.97 Å². The van der Waals surface area contributed by atoms with E-state index in [1.54, 1.807) is 33.9 Å². The van der Waals surface area contributed by atoms with Gasteiger partial charge in [-0.15, -0.1) is 0 Å². The monoisotopic (exact) mass is 429 g/mol. The Balaban J connectivity index is 1.65. The number of carbonyl (C=O) groups excluding carboxylic acids is 2. The van der Waals surface area contributed by atoms with Gasteiger partial charge in [0.15, 0.2) is 0 Å². The number of nitrogens with zero attached hydrogens (tertiary/aromatic N) is 4. The molecule has 8 nitrogen and oxygen atoms in total. The highest BCUT2D eigenvalue weighted by molar-refractivity contribution is 6.31. The molecule has 0 aliphatic heterocycles. The standard InChI is InChI=1S/C21H24ClN5O3/c1-13(10-27-15(3)19(22)14(2)25-27)20(28)24-17-9-23-26(12-17)11-16-7-5-6-8-18(16)21(29)30-4/h5-9,12-13H,10-11H2,1-4H3,(H,24,28). The number of nitrogens with one attached hydrogen (secondary N) is 1. The van der Waals surface area contributed by atoms with Crippen LogP contribution in [0.2, 0.25) is 5.02 Å². The second-order valence-electron chi connectivity index (χ2n) is 7.13. The average Bonchev–Trinajstić information content (AvgIpc) is 3.27. The predicted molar refractivity (Wildman–Crippen MR) is 114 cm³/mol. The van der Waals surface area contributed by atoms with Gasteiger partial charge in [-0.25, -0.2) is 4.79 Å². The molecule has 0 spiro atoms. The average molecular weight is 430 g/mol. The number of ether oxygens (including phenoxy) is 1. The molecule has 0 fully saturated rings. The molecule has 158 valence electrons. The van der Waals surface area contributed by atoms with Crippen molar-refractivity contribution in [1.29, 1.82) is 0 Å². The lowest BCUT2D eigenvalue weighted by Gasteiger charge is -2.12. The van der Waals surface area contributed by atoms with Crippen LogP contribution >= 0.6 is 11.6 Å². The van der Waals surface area contributed by atoms with Crippen molar-refractivity contribution >= 4 is 29.2 Å². The lowest BCUT2D eigenvalue weighted by atomic mass is 10.1. The fourth-order valence-corrected chi connectivity index (χ4v) is 3.25. The van der Waals surface area contributed by atoms with E-state index in [-0.39, 0.29) is 11.8 Å². The number of hydrogen-bond acceptors (Lipinski definition) is 5. The molecule has 1 N–H and O–H groups in total. The van der Waals surface area contributed by atoms with Crippen molar-refractivity contribution in [2.75, 3.05) is 12.4 Å². The third kappa shape index (κ3) is 4.71. The van der Waals surface area contributed by atoms with Crippen LogP contribution in [0.25, 0.3) is 0 Å². The number of anilines is 1. The lowest BCUT2D eigenvalue weighted by Crippen LogP contribution is -2.25. The highest BCUT2D eigenvalue weighted by atomic mass is 35.5. The van der Waals surface area contributed by atoms with Crippen LogP contribution in [-0.2, 0) is 22.6 Å². The van der Waals surface area contributed by atoms with Crippen LogP contribution in [0.3, 0.4) is 0 Å². The van der Waals surface area contributed by atoms with E-state index >= 15 is 0 Å². The first-order chi connectivity index (χ1) is 14.3. The number of aromatic nitrogens is 4. The van der Waals surface area contributed by atoms with Crippen molar-refractivity contribution in [3.8, 4) is 0 Å². The Hall–Kier alpha value is -3.13. The van der Waals surface area contributed by atoms with Crippen molar-refractivity contribution < 1.29 is 14.3 Å². The minimum atomic E-state index is -0.399. The summed E-state index contributed by atoms with van der Waals surface area (Å²) in [5, 5.41) is 12.1. The fourth-order valence-electron chi connectivity index (χ4n) is 3.12. The van der Waals surface area contributed by atoms with Crippen molar-refractivity contribution in [3.05, 3.63) is 64.2 Å². The maximum absolute atomic E-state index is 12.6. The van der Waals surface area contributed by atoms with Crippen molar-refractivity contribution in [1.82, 2.24) is 19.6 Å². The number of rotatable bonds is 7. The van der Waals surface area contributed by atoms with E-state index in [0.29, 0.717) is 29.4 Å². The first-order valence-electron chi connectivity index (χ1n) is 9.49. The van der Waals surface area contributed by atoms with Gasteiger partial charge in [0.1, 0.15) is 0 Å². The van der Waals surface area contributed by atoms with Gasteiger partial charge < -0.3 is 10.1 Å². The molecule has 0 aliphatic rings. The molecule has 1 aromatic carbocycles. The summed E-state index contributed by atoms with van der Waals surface area (Å²) in [6.07, 6.45) is 3.30. The first-order valence-corrected chi connectivity index (χ1v) is 9.87. The van der Waals surface area contributed by atoms with Crippen LogP contribution in [0, 0.1) is 19.8 Å². The number of hydrogen-bond donors (Lipinski definition) is 1.